The van der Waals surface area contributed by atoms with Gasteiger partial charge >= 0.3 is 0 Å². The van der Waals surface area contributed by atoms with Gasteiger partial charge in [0.2, 0.25) is 0 Å². The molecule has 0 aromatic carbocycles. The molecule has 0 aromatic heterocycles. The van der Waals surface area contributed by atoms with Crippen LogP contribution in [0, 0.1) is 5.92 Å². The fourth-order valence-electron chi connectivity index (χ4n) is 2.83. The number of carbonyl (C=O) groups excluding carboxylic acids is 1. The zero-order valence-corrected chi connectivity index (χ0v) is 14.2. The lowest BCUT2D eigenvalue weighted by molar-refractivity contribution is -0.108. The van der Waals surface area contributed by atoms with Crippen molar-refractivity contribution < 1.29 is 4.79 Å². The van der Waals surface area contributed by atoms with Crippen LogP contribution in [-0.4, -0.2) is 6.29 Å². The minimum Gasteiger partial charge on any atom is -0.303 e. The summed E-state index contributed by atoms with van der Waals surface area (Å²) in [5.41, 5.74) is 0. The highest BCUT2D eigenvalue weighted by Crippen LogP contribution is 2.16. The van der Waals surface area contributed by atoms with E-state index >= 15 is 0 Å². The maximum atomic E-state index is 10.3. The van der Waals surface area contributed by atoms with E-state index in [0.717, 1.165) is 25.0 Å². The van der Waals surface area contributed by atoms with Crippen molar-refractivity contribution in [3.8, 4) is 0 Å². The molecule has 0 rings (SSSR count). The number of rotatable bonds is 16. The minimum atomic E-state index is 0.739. The third-order valence-electron chi connectivity index (χ3n) is 4.33. The molecule has 0 heterocycles. The van der Waals surface area contributed by atoms with Gasteiger partial charge in [0, 0.05) is 6.42 Å². The van der Waals surface area contributed by atoms with E-state index in [4.69, 9.17) is 0 Å². The molecular formula is C19H38O. The van der Waals surface area contributed by atoms with E-state index in [9.17, 15) is 4.79 Å². The van der Waals surface area contributed by atoms with E-state index < -0.39 is 0 Å². The summed E-state index contributed by atoms with van der Waals surface area (Å²) < 4.78 is 0. The maximum absolute atomic E-state index is 10.3. The van der Waals surface area contributed by atoms with Gasteiger partial charge < -0.3 is 4.79 Å². The van der Waals surface area contributed by atoms with E-state index in [-0.39, 0.29) is 0 Å². The lowest BCUT2D eigenvalue weighted by atomic mass is 9.97. The molecule has 0 amide bonds. The Morgan fingerprint density at radius 3 is 1.60 bits per heavy atom. The number of hydrogen-bond donors (Lipinski definition) is 0. The van der Waals surface area contributed by atoms with Crippen molar-refractivity contribution in [2.45, 2.75) is 110 Å². The normalized spacial score (nSPS) is 12.5. The average Bonchev–Trinajstić information content (AvgIpc) is 2.46. The summed E-state index contributed by atoms with van der Waals surface area (Å²) in [5, 5.41) is 0. The predicted molar refractivity (Wildman–Crippen MR) is 90.2 cm³/mol. The molecule has 0 aliphatic carbocycles. The highest BCUT2D eigenvalue weighted by atomic mass is 16.1. The van der Waals surface area contributed by atoms with Gasteiger partial charge in [-0.1, -0.05) is 97.3 Å². The molecule has 0 radical (unpaired) electrons. The molecule has 120 valence electrons. The highest BCUT2D eigenvalue weighted by Gasteiger charge is 2.01. The second kappa shape index (κ2) is 16.7. The molecule has 1 nitrogen and oxygen atoms in total. The molecule has 0 saturated carbocycles. The van der Waals surface area contributed by atoms with E-state index in [2.05, 4.69) is 13.8 Å². The number of aldehydes is 1. The molecular weight excluding hydrogens is 244 g/mol. The monoisotopic (exact) mass is 282 g/mol. The van der Waals surface area contributed by atoms with Crippen molar-refractivity contribution in [3.63, 3.8) is 0 Å². The Morgan fingerprint density at radius 2 is 1.15 bits per heavy atom. The Morgan fingerprint density at radius 1 is 0.700 bits per heavy atom. The van der Waals surface area contributed by atoms with Gasteiger partial charge in [0.25, 0.3) is 0 Å². The maximum Gasteiger partial charge on any atom is 0.120 e. The van der Waals surface area contributed by atoms with Gasteiger partial charge in [0.15, 0.2) is 0 Å². The number of carbonyl (C=O) groups is 1. The largest absolute Gasteiger partial charge is 0.303 e. The Labute approximate surface area is 127 Å². The molecule has 20 heavy (non-hydrogen) atoms. The van der Waals surface area contributed by atoms with Gasteiger partial charge in [-0.3, -0.25) is 0 Å². The second-order valence-corrected chi connectivity index (χ2v) is 6.53. The Bertz CT molecular complexity index is 188. The van der Waals surface area contributed by atoms with Gasteiger partial charge in [-0.15, -0.1) is 0 Å². The van der Waals surface area contributed by atoms with Crippen LogP contribution in [0.4, 0.5) is 0 Å². The van der Waals surface area contributed by atoms with Crippen LogP contribution in [0.2, 0.25) is 0 Å². The third-order valence-corrected chi connectivity index (χ3v) is 4.33. The first-order chi connectivity index (χ1) is 9.81. The van der Waals surface area contributed by atoms with Gasteiger partial charge in [0.05, 0.1) is 0 Å². The second-order valence-electron chi connectivity index (χ2n) is 6.53. The summed E-state index contributed by atoms with van der Waals surface area (Å²) in [6.07, 6.45) is 21.2. The molecule has 1 atom stereocenters. The van der Waals surface area contributed by atoms with E-state index in [1.165, 1.54) is 83.5 Å². The van der Waals surface area contributed by atoms with Crippen molar-refractivity contribution in [1.29, 1.82) is 0 Å². The Kier molecular flexibility index (Phi) is 16.4. The van der Waals surface area contributed by atoms with Crippen LogP contribution in [0.15, 0.2) is 0 Å². The Balaban J connectivity index is 3.04. The summed E-state index contributed by atoms with van der Waals surface area (Å²) in [7, 11) is 0. The molecule has 1 heteroatoms. The van der Waals surface area contributed by atoms with Crippen molar-refractivity contribution in [1.82, 2.24) is 0 Å². The van der Waals surface area contributed by atoms with Crippen LogP contribution < -0.4 is 0 Å². The van der Waals surface area contributed by atoms with E-state index in [0.29, 0.717) is 0 Å². The number of unbranched alkanes of at least 4 members (excludes halogenated alkanes) is 11. The van der Waals surface area contributed by atoms with Crippen LogP contribution in [0.5, 0.6) is 0 Å². The van der Waals surface area contributed by atoms with Gasteiger partial charge in [-0.2, -0.15) is 0 Å². The van der Waals surface area contributed by atoms with Crippen molar-refractivity contribution in [3.05, 3.63) is 0 Å². The topological polar surface area (TPSA) is 17.1 Å². The standard InChI is InChI=1S/C19H38O/c1-3-4-5-6-7-8-9-10-11-12-13-14-16-19(2)17-15-18-20/h18-19H,3-17H2,1-2H3/t19-/m1/s1. The summed E-state index contributed by atoms with van der Waals surface area (Å²) >= 11 is 0. The van der Waals surface area contributed by atoms with Crippen LogP contribution in [0.3, 0.4) is 0 Å². The fraction of sp³-hybridized carbons (Fsp3) is 0.947. The lowest BCUT2D eigenvalue weighted by Crippen LogP contribution is -1.95. The first-order valence-electron chi connectivity index (χ1n) is 9.24. The summed E-state index contributed by atoms with van der Waals surface area (Å²) in [4.78, 5) is 10.3. The molecule has 0 N–H and O–H groups in total. The van der Waals surface area contributed by atoms with Crippen LogP contribution in [-0.2, 0) is 4.79 Å². The van der Waals surface area contributed by atoms with E-state index in [1.807, 2.05) is 0 Å². The quantitative estimate of drug-likeness (QED) is 0.227. The molecule has 0 unspecified atom stereocenters. The van der Waals surface area contributed by atoms with Gasteiger partial charge in [-0.05, 0) is 12.3 Å². The molecule has 0 saturated heterocycles. The van der Waals surface area contributed by atoms with E-state index in [1.54, 1.807) is 0 Å². The fourth-order valence-corrected chi connectivity index (χ4v) is 2.83. The highest BCUT2D eigenvalue weighted by molar-refractivity contribution is 5.49. The van der Waals surface area contributed by atoms with Crippen LogP contribution in [0.1, 0.15) is 110 Å². The average molecular weight is 283 g/mol. The summed E-state index contributed by atoms with van der Waals surface area (Å²) in [6, 6.07) is 0. The predicted octanol–water partition coefficient (Wildman–Crippen LogP) is 6.69. The van der Waals surface area contributed by atoms with Crippen molar-refractivity contribution in [2.24, 2.45) is 5.92 Å². The molecule has 0 bridgehead atoms. The zero-order chi connectivity index (χ0) is 14.9. The van der Waals surface area contributed by atoms with Crippen LogP contribution >= 0.6 is 0 Å². The van der Waals surface area contributed by atoms with Crippen LogP contribution in [0.25, 0.3) is 0 Å². The first-order valence-corrected chi connectivity index (χ1v) is 9.24. The summed E-state index contributed by atoms with van der Waals surface area (Å²) in [5.74, 6) is 0.739. The van der Waals surface area contributed by atoms with Crippen molar-refractivity contribution in [2.75, 3.05) is 0 Å². The van der Waals surface area contributed by atoms with Gasteiger partial charge in [-0.25, -0.2) is 0 Å². The molecule has 0 aromatic rings. The summed E-state index contributed by atoms with van der Waals surface area (Å²) in [6.45, 7) is 4.56. The smallest absolute Gasteiger partial charge is 0.120 e. The molecule has 0 fully saturated rings. The zero-order valence-electron chi connectivity index (χ0n) is 14.2. The third kappa shape index (κ3) is 15.7. The first kappa shape index (κ1) is 19.7. The number of hydrogen-bond acceptors (Lipinski definition) is 1. The minimum absolute atomic E-state index is 0.739. The lowest BCUT2D eigenvalue weighted by Gasteiger charge is -2.08. The van der Waals surface area contributed by atoms with Crippen molar-refractivity contribution >= 4 is 6.29 Å². The molecule has 0 aliphatic heterocycles. The van der Waals surface area contributed by atoms with Gasteiger partial charge in [0.1, 0.15) is 6.29 Å². The molecule has 0 aliphatic rings. The molecule has 0 spiro atoms. The Hall–Kier alpha value is -0.330. The SMILES string of the molecule is CCCCCCCCCCCCCC[C@@H](C)CCC=O.